The number of methoxy groups -OCH3 is 1. The molecule has 3 rings (SSSR count). The summed E-state index contributed by atoms with van der Waals surface area (Å²) in [6.07, 6.45) is 0. The Bertz CT molecular complexity index is 900. The van der Waals surface area contributed by atoms with Gasteiger partial charge in [-0.1, -0.05) is 18.2 Å². The summed E-state index contributed by atoms with van der Waals surface area (Å²) in [6, 6.07) is 16.1. The maximum Gasteiger partial charge on any atom is 0.292 e. The van der Waals surface area contributed by atoms with Crippen molar-refractivity contribution in [3.63, 3.8) is 0 Å². The molecule has 1 aromatic heterocycles. The van der Waals surface area contributed by atoms with Crippen molar-refractivity contribution >= 4 is 12.2 Å². The monoisotopic (exact) mass is 356 g/mol. The zero-order valence-corrected chi connectivity index (χ0v) is 15.5. The highest BCUT2D eigenvalue weighted by Gasteiger charge is 2.13. The zero-order chi connectivity index (χ0) is 17.8. The number of quaternary nitrogens is 1. The molecular formula is C19H22N3O2S+. The lowest BCUT2D eigenvalue weighted by molar-refractivity contribution is -0.917. The Morgan fingerprint density at radius 3 is 2.56 bits per heavy atom. The molecule has 0 aliphatic carbocycles. The van der Waals surface area contributed by atoms with Gasteiger partial charge in [-0.15, -0.1) is 5.10 Å². The quantitative estimate of drug-likeness (QED) is 0.690. The number of benzene rings is 2. The number of aryl methyl sites for hydroxylation is 1. The predicted molar refractivity (Wildman–Crippen MR) is 99.1 cm³/mol. The van der Waals surface area contributed by atoms with Gasteiger partial charge in [0.1, 0.15) is 12.3 Å². The second kappa shape index (κ2) is 7.63. The van der Waals surface area contributed by atoms with Crippen LogP contribution in [0.25, 0.3) is 11.5 Å². The van der Waals surface area contributed by atoms with Crippen LogP contribution in [0.1, 0.15) is 11.1 Å². The molecule has 5 nitrogen and oxygen atoms in total. The highest BCUT2D eigenvalue weighted by atomic mass is 32.1. The van der Waals surface area contributed by atoms with Crippen molar-refractivity contribution in [3.05, 3.63) is 64.5 Å². The number of rotatable bonds is 6. The molecule has 0 aliphatic rings. The zero-order valence-electron chi connectivity index (χ0n) is 14.7. The summed E-state index contributed by atoms with van der Waals surface area (Å²) in [5, 5.41) is 4.55. The maximum absolute atomic E-state index is 5.70. The van der Waals surface area contributed by atoms with Gasteiger partial charge in [0.25, 0.3) is 4.84 Å². The second-order valence-corrected chi connectivity index (χ2v) is 6.48. The van der Waals surface area contributed by atoms with E-state index in [9.17, 15) is 0 Å². The predicted octanol–water partition coefficient (Wildman–Crippen LogP) is 2.86. The van der Waals surface area contributed by atoms with Crippen molar-refractivity contribution in [2.75, 3.05) is 14.2 Å². The molecule has 0 saturated carbocycles. The third kappa shape index (κ3) is 4.15. The van der Waals surface area contributed by atoms with E-state index in [0.29, 0.717) is 17.4 Å². The van der Waals surface area contributed by atoms with E-state index >= 15 is 0 Å². The Labute approximate surface area is 152 Å². The first-order valence-electron chi connectivity index (χ1n) is 8.15. The highest BCUT2D eigenvalue weighted by molar-refractivity contribution is 7.71. The summed E-state index contributed by atoms with van der Waals surface area (Å²) in [5.41, 5.74) is 3.32. The topological polar surface area (TPSA) is 44.6 Å². The van der Waals surface area contributed by atoms with Crippen LogP contribution in [0.4, 0.5) is 0 Å². The molecule has 2 aromatic carbocycles. The standard InChI is InChI=1S/C19H21N3O2S/c1-14-6-4-5-7-17(14)18-20-22(19(25)24-18)13-21(2)12-15-8-10-16(23-3)11-9-15/h4-11H,12-13H2,1-3H3/p+1. The third-order valence-corrected chi connectivity index (χ3v) is 4.36. The average Bonchev–Trinajstić information content (AvgIpc) is 2.96. The van der Waals surface area contributed by atoms with E-state index in [1.165, 1.54) is 10.5 Å². The molecule has 1 atom stereocenters. The Balaban J connectivity index is 1.72. The van der Waals surface area contributed by atoms with Crippen molar-refractivity contribution < 1.29 is 14.1 Å². The van der Waals surface area contributed by atoms with Crippen LogP contribution in [0, 0.1) is 11.8 Å². The number of ether oxygens (including phenoxy) is 1. The number of hydrogen-bond donors (Lipinski definition) is 1. The van der Waals surface area contributed by atoms with Gasteiger partial charge < -0.3 is 14.1 Å². The molecule has 1 N–H and O–H groups in total. The Morgan fingerprint density at radius 2 is 1.88 bits per heavy atom. The van der Waals surface area contributed by atoms with Gasteiger partial charge in [0.2, 0.25) is 5.89 Å². The molecule has 6 heteroatoms. The number of nitrogens with zero attached hydrogens (tertiary/aromatic N) is 2. The van der Waals surface area contributed by atoms with E-state index in [1.54, 1.807) is 11.8 Å². The van der Waals surface area contributed by atoms with Gasteiger partial charge >= 0.3 is 0 Å². The molecule has 0 aliphatic heterocycles. The van der Waals surface area contributed by atoms with Crippen molar-refractivity contribution in [2.24, 2.45) is 0 Å². The molecule has 0 spiro atoms. The van der Waals surface area contributed by atoms with Crippen LogP contribution < -0.4 is 9.64 Å². The van der Waals surface area contributed by atoms with Gasteiger partial charge in [0.05, 0.1) is 14.2 Å². The smallest absolute Gasteiger partial charge is 0.292 e. The molecule has 1 unspecified atom stereocenters. The van der Waals surface area contributed by atoms with E-state index in [2.05, 4.69) is 24.3 Å². The van der Waals surface area contributed by atoms with Crippen LogP contribution in [0.5, 0.6) is 5.75 Å². The Hall–Kier alpha value is -2.44. The van der Waals surface area contributed by atoms with Gasteiger partial charge in [-0.25, -0.2) is 0 Å². The Morgan fingerprint density at radius 1 is 1.16 bits per heavy atom. The molecule has 130 valence electrons. The molecule has 25 heavy (non-hydrogen) atoms. The van der Waals surface area contributed by atoms with Gasteiger partial charge in [-0.2, -0.15) is 4.68 Å². The molecule has 0 saturated heterocycles. The lowest BCUT2D eigenvalue weighted by atomic mass is 10.1. The molecule has 0 radical (unpaired) electrons. The Kier molecular flexibility index (Phi) is 5.31. The molecule has 0 fully saturated rings. The van der Waals surface area contributed by atoms with Crippen molar-refractivity contribution in [2.45, 2.75) is 20.1 Å². The summed E-state index contributed by atoms with van der Waals surface area (Å²) in [5.74, 6) is 1.43. The van der Waals surface area contributed by atoms with Crippen LogP contribution >= 0.6 is 12.2 Å². The van der Waals surface area contributed by atoms with E-state index < -0.39 is 0 Å². The summed E-state index contributed by atoms with van der Waals surface area (Å²) < 4.78 is 12.6. The summed E-state index contributed by atoms with van der Waals surface area (Å²) in [6.45, 7) is 3.53. The minimum atomic E-state index is 0.396. The van der Waals surface area contributed by atoms with E-state index in [-0.39, 0.29) is 0 Å². The normalized spacial score (nSPS) is 12.1. The number of hydrogen-bond acceptors (Lipinski definition) is 4. The third-order valence-electron chi connectivity index (χ3n) is 4.07. The van der Waals surface area contributed by atoms with Crippen molar-refractivity contribution in [3.8, 4) is 17.2 Å². The molecule has 1 heterocycles. The SMILES string of the molecule is COc1ccc(C[NH+](C)Cn2nc(-c3ccccc3C)oc2=S)cc1. The second-order valence-electron chi connectivity index (χ2n) is 6.13. The number of aromatic nitrogens is 2. The fraction of sp³-hybridized carbons (Fsp3) is 0.263. The van der Waals surface area contributed by atoms with E-state index in [1.807, 2.05) is 43.3 Å². The first kappa shape index (κ1) is 17.4. The molecule has 0 bridgehead atoms. The lowest BCUT2D eigenvalue weighted by Crippen LogP contribution is -3.07. The summed E-state index contributed by atoms with van der Waals surface area (Å²) in [4.78, 5) is 1.65. The number of nitrogens with one attached hydrogen (secondary N) is 1. The molecular weight excluding hydrogens is 334 g/mol. The van der Waals surface area contributed by atoms with Gasteiger partial charge in [0.15, 0.2) is 6.67 Å². The fourth-order valence-electron chi connectivity index (χ4n) is 2.73. The van der Waals surface area contributed by atoms with Crippen molar-refractivity contribution in [1.82, 2.24) is 9.78 Å². The van der Waals surface area contributed by atoms with Crippen LogP contribution in [0.3, 0.4) is 0 Å². The van der Waals surface area contributed by atoms with Gasteiger partial charge in [-0.3, -0.25) is 0 Å². The molecule has 3 aromatic rings. The first-order chi connectivity index (χ1) is 12.1. The van der Waals surface area contributed by atoms with Crippen LogP contribution in [0.2, 0.25) is 0 Å². The minimum Gasteiger partial charge on any atom is -0.497 e. The largest absolute Gasteiger partial charge is 0.497 e. The summed E-state index contributed by atoms with van der Waals surface area (Å²) >= 11 is 5.34. The summed E-state index contributed by atoms with van der Waals surface area (Å²) in [7, 11) is 3.78. The minimum absolute atomic E-state index is 0.396. The first-order valence-corrected chi connectivity index (χ1v) is 8.56. The van der Waals surface area contributed by atoms with E-state index in [0.717, 1.165) is 23.4 Å². The van der Waals surface area contributed by atoms with Gasteiger partial charge in [0, 0.05) is 11.1 Å². The van der Waals surface area contributed by atoms with Gasteiger partial charge in [-0.05, 0) is 55.0 Å². The van der Waals surface area contributed by atoms with Crippen molar-refractivity contribution in [1.29, 1.82) is 0 Å². The fourth-order valence-corrected chi connectivity index (χ4v) is 2.92. The molecule has 0 amide bonds. The van der Waals surface area contributed by atoms with Crippen LogP contribution in [-0.4, -0.2) is 23.9 Å². The maximum atomic E-state index is 5.70. The highest BCUT2D eigenvalue weighted by Crippen LogP contribution is 2.21. The average molecular weight is 356 g/mol. The van der Waals surface area contributed by atoms with Crippen LogP contribution in [-0.2, 0) is 13.2 Å². The van der Waals surface area contributed by atoms with E-state index in [4.69, 9.17) is 21.4 Å². The lowest BCUT2D eigenvalue weighted by Gasteiger charge is -2.13. The van der Waals surface area contributed by atoms with Crippen LogP contribution in [0.15, 0.2) is 52.9 Å².